The van der Waals surface area contributed by atoms with Crippen molar-refractivity contribution < 1.29 is 18.3 Å². The molecule has 2 rings (SSSR count). The number of carbonyl (C=O) groups is 1. The van der Waals surface area contributed by atoms with Gasteiger partial charge in [0.2, 0.25) is 0 Å². The van der Waals surface area contributed by atoms with Crippen LogP contribution in [-0.2, 0) is 14.8 Å². The minimum Gasteiger partial charge on any atom is -0.504 e. The highest BCUT2D eigenvalue weighted by atomic mass is 35.5. The van der Waals surface area contributed by atoms with Gasteiger partial charge in [0.15, 0.2) is 11.5 Å². The summed E-state index contributed by atoms with van der Waals surface area (Å²) in [5.41, 5.74) is -0.382. The summed E-state index contributed by atoms with van der Waals surface area (Å²) in [7, 11) is -3.97. The zero-order valence-corrected chi connectivity index (χ0v) is 11.4. The van der Waals surface area contributed by atoms with Gasteiger partial charge in [-0.2, -0.15) is 0 Å². The highest BCUT2D eigenvalue weighted by Gasteiger charge is 2.36. The molecule has 0 bridgehead atoms. The molecule has 2 heterocycles. The number of Topliss-reactive ketones (excluding diaryl/α,β-unsaturated/α-hetero) is 1. The summed E-state index contributed by atoms with van der Waals surface area (Å²) in [6.07, 6.45) is 0. The van der Waals surface area contributed by atoms with Crippen LogP contribution in [0, 0.1) is 0 Å². The van der Waals surface area contributed by atoms with Gasteiger partial charge in [-0.15, -0.1) is 11.3 Å². The fraction of sp³-hybridized carbons (Fsp3) is 0.125. The molecular weight excluding hydrogens is 309 g/mol. The van der Waals surface area contributed by atoms with Crippen LogP contribution in [0.2, 0.25) is 9.36 Å². The third kappa shape index (κ3) is 1.83. The van der Waals surface area contributed by atoms with Gasteiger partial charge in [0, 0.05) is 6.92 Å². The first kappa shape index (κ1) is 12.7. The molecule has 0 aliphatic carbocycles. The van der Waals surface area contributed by atoms with Gasteiger partial charge >= 0.3 is 0 Å². The highest BCUT2D eigenvalue weighted by molar-refractivity contribution is 7.90. The van der Waals surface area contributed by atoms with E-state index < -0.39 is 21.6 Å². The number of carbonyl (C=O) groups excluding carboxylic acids is 1. The zero-order chi connectivity index (χ0) is 13.0. The van der Waals surface area contributed by atoms with E-state index in [0.29, 0.717) is 0 Å². The van der Waals surface area contributed by atoms with E-state index in [1.807, 2.05) is 4.72 Å². The van der Waals surface area contributed by atoms with Gasteiger partial charge in [-0.1, -0.05) is 23.2 Å². The predicted octanol–water partition coefficient (Wildman–Crippen LogP) is 2.16. The first-order chi connectivity index (χ1) is 7.75. The topological polar surface area (TPSA) is 83.5 Å². The smallest absolute Gasteiger partial charge is 0.265 e. The summed E-state index contributed by atoms with van der Waals surface area (Å²) in [6.45, 7) is 1.13. The molecule has 0 unspecified atom stereocenters. The lowest BCUT2D eigenvalue weighted by Gasteiger charge is -2.17. The first-order valence-corrected chi connectivity index (χ1v) is 7.26. The van der Waals surface area contributed by atoms with Crippen LogP contribution in [-0.4, -0.2) is 19.3 Å². The Hall–Kier alpha value is -0.760. The lowest BCUT2D eigenvalue weighted by molar-refractivity contribution is -0.113. The zero-order valence-electron chi connectivity index (χ0n) is 8.24. The molecule has 0 saturated carbocycles. The second kappa shape index (κ2) is 3.88. The normalized spacial score (nSPS) is 17.6. The van der Waals surface area contributed by atoms with Crippen LogP contribution < -0.4 is 4.72 Å². The van der Waals surface area contributed by atoms with E-state index >= 15 is 0 Å². The average Bonchev–Trinajstić information content (AvgIpc) is 2.50. The molecular formula is C8H5Cl2NO4S2. The molecule has 2 N–H and O–H groups in total. The van der Waals surface area contributed by atoms with Crippen molar-refractivity contribution in [3.8, 4) is 0 Å². The fourth-order valence-electron chi connectivity index (χ4n) is 1.35. The van der Waals surface area contributed by atoms with E-state index in [0.717, 1.165) is 18.3 Å². The van der Waals surface area contributed by atoms with Crippen LogP contribution in [0.4, 0.5) is 0 Å². The van der Waals surface area contributed by atoms with E-state index in [1.165, 1.54) is 0 Å². The van der Waals surface area contributed by atoms with Gasteiger partial charge < -0.3 is 5.11 Å². The number of rotatable bonds is 1. The number of thiophene rings is 1. The number of halogens is 2. The van der Waals surface area contributed by atoms with Crippen LogP contribution in [0.15, 0.2) is 10.6 Å². The number of hydrogen-bond acceptors (Lipinski definition) is 5. The number of nitrogens with one attached hydrogen (secondary N) is 1. The van der Waals surface area contributed by atoms with E-state index in [-0.39, 0.29) is 24.8 Å². The molecule has 1 aromatic heterocycles. The molecule has 0 amide bonds. The van der Waals surface area contributed by atoms with Crippen molar-refractivity contribution in [2.75, 3.05) is 0 Å². The number of hydrogen-bond donors (Lipinski definition) is 2. The molecule has 1 aliphatic heterocycles. The van der Waals surface area contributed by atoms with E-state index in [2.05, 4.69) is 0 Å². The van der Waals surface area contributed by atoms with Gasteiger partial charge in [0.05, 0.1) is 9.90 Å². The Bertz CT molecular complexity index is 659. The number of aliphatic hydroxyl groups is 1. The molecule has 92 valence electrons. The van der Waals surface area contributed by atoms with Gasteiger partial charge in [-0.3, -0.25) is 9.52 Å². The molecule has 1 aromatic rings. The maximum atomic E-state index is 11.8. The van der Waals surface area contributed by atoms with Gasteiger partial charge in [-0.05, 0) is 0 Å². The molecule has 0 radical (unpaired) electrons. The SMILES string of the molecule is CC(=O)C1=C(O)c2sc(Cl)c(Cl)c2S(=O)(=O)N1. The number of allylic oxidation sites excluding steroid dienone is 1. The van der Waals surface area contributed by atoms with Crippen molar-refractivity contribution in [2.45, 2.75) is 11.8 Å². The van der Waals surface area contributed by atoms with Crippen molar-refractivity contribution in [1.82, 2.24) is 4.72 Å². The Labute approximate surface area is 111 Å². The number of aliphatic hydroxyl groups excluding tert-OH is 1. The molecule has 0 spiro atoms. The standard InChI is InChI=1S/C8H5Cl2NO4S2/c1-2(12)4-5(13)6-7(17(14,15)11-4)3(9)8(10)16-6/h11,13H,1H3. The number of fused-ring (bicyclic) bond motifs is 1. The van der Waals surface area contributed by atoms with E-state index in [1.54, 1.807) is 0 Å². The van der Waals surface area contributed by atoms with Gasteiger partial charge in [-0.25, -0.2) is 8.42 Å². The van der Waals surface area contributed by atoms with Crippen LogP contribution in [0.5, 0.6) is 0 Å². The molecule has 0 atom stereocenters. The molecule has 0 fully saturated rings. The second-order valence-corrected chi connectivity index (χ2v) is 6.85. The monoisotopic (exact) mass is 313 g/mol. The average molecular weight is 314 g/mol. The summed E-state index contributed by atoms with van der Waals surface area (Å²) in [5, 5.41) is 9.63. The quantitative estimate of drug-likeness (QED) is 0.832. The maximum absolute atomic E-state index is 11.8. The molecule has 1 aliphatic rings. The highest BCUT2D eigenvalue weighted by Crippen LogP contribution is 2.44. The molecule has 5 nitrogen and oxygen atoms in total. The summed E-state index contributed by atoms with van der Waals surface area (Å²) >= 11 is 12.3. The summed E-state index contributed by atoms with van der Waals surface area (Å²) in [6, 6.07) is 0. The maximum Gasteiger partial charge on any atom is 0.265 e. The first-order valence-electron chi connectivity index (χ1n) is 4.21. The van der Waals surface area contributed by atoms with Crippen molar-refractivity contribution in [1.29, 1.82) is 0 Å². The summed E-state index contributed by atoms with van der Waals surface area (Å²) in [4.78, 5) is 10.9. The molecule has 9 heteroatoms. The van der Waals surface area contributed by atoms with E-state index in [4.69, 9.17) is 23.2 Å². The van der Waals surface area contributed by atoms with Crippen LogP contribution in [0.3, 0.4) is 0 Å². The number of sulfonamides is 1. The Morgan fingerprint density at radius 3 is 2.53 bits per heavy atom. The second-order valence-electron chi connectivity index (χ2n) is 3.23. The van der Waals surface area contributed by atoms with Crippen molar-refractivity contribution in [3.05, 3.63) is 19.9 Å². The van der Waals surface area contributed by atoms with Crippen LogP contribution in [0.25, 0.3) is 5.76 Å². The largest absolute Gasteiger partial charge is 0.504 e. The van der Waals surface area contributed by atoms with Crippen LogP contribution >= 0.6 is 34.5 Å². The minimum atomic E-state index is -3.97. The molecule has 17 heavy (non-hydrogen) atoms. The van der Waals surface area contributed by atoms with Crippen molar-refractivity contribution >= 4 is 56.1 Å². The van der Waals surface area contributed by atoms with Crippen molar-refractivity contribution in [3.63, 3.8) is 0 Å². The van der Waals surface area contributed by atoms with Crippen molar-refractivity contribution in [2.24, 2.45) is 0 Å². The number of ketones is 1. The Balaban J connectivity index is 2.86. The molecule has 0 saturated heterocycles. The lowest BCUT2D eigenvalue weighted by Crippen LogP contribution is -2.31. The lowest BCUT2D eigenvalue weighted by atomic mass is 10.2. The van der Waals surface area contributed by atoms with E-state index in [9.17, 15) is 18.3 Å². The third-order valence-corrected chi connectivity index (χ3v) is 5.73. The van der Waals surface area contributed by atoms with Crippen LogP contribution in [0.1, 0.15) is 11.8 Å². The summed E-state index contributed by atoms with van der Waals surface area (Å²) < 4.78 is 25.7. The van der Waals surface area contributed by atoms with Gasteiger partial charge in [0.1, 0.15) is 14.9 Å². The Morgan fingerprint density at radius 1 is 1.41 bits per heavy atom. The van der Waals surface area contributed by atoms with Gasteiger partial charge in [0.25, 0.3) is 10.0 Å². The fourth-order valence-corrected chi connectivity index (χ4v) is 4.88. The molecule has 0 aromatic carbocycles. The Morgan fingerprint density at radius 2 is 2.00 bits per heavy atom. The third-order valence-electron chi connectivity index (χ3n) is 2.08. The predicted molar refractivity (Wildman–Crippen MR) is 64.9 cm³/mol. The Kier molecular flexibility index (Phi) is 2.89. The minimum absolute atomic E-state index is 0.0241. The summed E-state index contributed by atoms with van der Waals surface area (Å²) in [5.74, 6) is -1.06.